The fraction of sp³-hybridized carbons (Fsp3) is 0.259. The third-order valence-corrected chi connectivity index (χ3v) is 5.11. The van der Waals surface area contributed by atoms with E-state index in [0.717, 1.165) is 23.5 Å². The van der Waals surface area contributed by atoms with E-state index in [1.807, 2.05) is 54.6 Å². The van der Waals surface area contributed by atoms with Gasteiger partial charge in [-0.15, -0.1) is 0 Å². The number of hydrogen-bond donors (Lipinski definition) is 2. The topological polar surface area (TPSA) is 70.7 Å². The van der Waals surface area contributed by atoms with Crippen LogP contribution in [0.2, 0.25) is 0 Å². The van der Waals surface area contributed by atoms with Crippen LogP contribution in [0, 0.1) is 5.92 Å². The van der Waals surface area contributed by atoms with Crippen molar-refractivity contribution in [2.75, 3.05) is 35.7 Å². The Hall–Kier alpha value is -3.80. The molecule has 0 aromatic heterocycles. The number of nitrogens with one attached hydrogen (secondary N) is 2. The summed E-state index contributed by atoms with van der Waals surface area (Å²) in [4.78, 5) is 26.8. The first-order valence-corrected chi connectivity index (χ1v) is 11.1. The predicted octanol–water partition coefficient (Wildman–Crippen LogP) is 5.44. The highest BCUT2D eigenvalue weighted by Crippen LogP contribution is 2.18. The van der Waals surface area contributed by atoms with E-state index in [1.54, 1.807) is 36.2 Å². The maximum atomic E-state index is 12.8. The summed E-state index contributed by atoms with van der Waals surface area (Å²) in [7, 11) is 1.73. The van der Waals surface area contributed by atoms with Crippen LogP contribution in [0.3, 0.4) is 0 Å². The Morgan fingerprint density at radius 1 is 0.909 bits per heavy atom. The monoisotopic (exact) mass is 445 g/mol. The number of nitrogens with zero attached hydrogens (tertiary/aromatic N) is 1. The van der Waals surface area contributed by atoms with E-state index in [9.17, 15) is 9.59 Å². The largest absolute Gasteiger partial charge is 0.494 e. The van der Waals surface area contributed by atoms with Gasteiger partial charge in [0.2, 0.25) is 5.91 Å². The minimum absolute atomic E-state index is 0.107. The molecule has 0 heterocycles. The molecule has 6 heteroatoms. The summed E-state index contributed by atoms with van der Waals surface area (Å²) in [6.07, 6.45) is 1.01. The molecule has 0 unspecified atom stereocenters. The van der Waals surface area contributed by atoms with Crippen LogP contribution in [0.1, 0.15) is 30.6 Å². The van der Waals surface area contributed by atoms with Gasteiger partial charge in [-0.3, -0.25) is 9.59 Å². The average Bonchev–Trinajstić information content (AvgIpc) is 2.83. The van der Waals surface area contributed by atoms with Gasteiger partial charge in [0.1, 0.15) is 5.75 Å². The van der Waals surface area contributed by atoms with E-state index in [1.165, 1.54) is 0 Å². The van der Waals surface area contributed by atoms with Crippen LogP contribution in [0.15, 0.2) is 78.9 Å². The first-order chi connectivity index (χ1) is 15.9. The highest BCUT2D eigenvalue weighted by Gasteiger charge is 2.14. The highest BCUT2D eigenvalue weighted by molar-refractivity contribution is 6.06. The molecule has 3 aromatic rings. The summed E-state index contributed by atoms with van der Waals surface area (Å²) in [5, 5.41) is 5.94. The lowest BCUT2D eigenvalue weighted by Gasteiger charge is -2.17. The molecule has 0 bridgehead atoms. The van der Waals surface area contributed by atoms with Gasteiger partial charge < -0.3 is 20.3 Å². The number of ether oxygens (including phenoxy) is 1. The molecule has 0 spiro atoms. The minimum Gasteiger partial charge on any atom is -0.494 e. The Kier molecular flexibility index (Phi) is 8.47. The minimum atomic E-state index is -0.201. The van der Waals surface area contributed by atoms with Crippen molar-refractivity contribution >= 4 is 28.9 Å². The van der Waals surface area contributed by atoms with E-state index in [2.05, 4.69) is 24.5 Å². The van der Waals surface area contributed by atoms with E-state index in [-0.39, 0.29) is 18.4 Å². The van der Waals surface area contributed by atoms with Crippen molar-refractivity contribution in [2.24, 2.45) is 5.92 Å². The van der Waals surface area contributed by atoms with Crippen LogP contribution in [0.4, 0.5) is 17.1 Å². The summed E-state index contributed by atoms with van der Waals surface area (Å²) in [6.45, 7) is 5.13. The summed E-state index contributed by atoms with van der Waals surface area (Å²) >= 11 is 0. The number of anilines is 3. The van der Waals surface area contributed by atoms with Gasteiger partial charge in [0, 0.05) is 29.7 Å². The number of rotatable bonds is 10. The zero-order valence-electron chi connectivity index (χ0n) is 19.4. The first-order valence-electron chi connectivity index (χ1n) is 11.1. The van der Waals surface area contributed by atoms with Crippen molar-refractivity contribution in [1.82, 2.24) is 0 Å². The van der Waals surface area contributed by atoms with Crippen molar-refractivity contribution in [2.45, 2.75) is 20.3 Å². The number of benzene rings is 3. The Balaban J connectivity index is 1.51. The zero-order valence-corrected chi connectivity index (χ0v) is 19.4. The molecule has 33 heavy (non-hydrogen) atoms. The summed E-state index contributed by atoms with van der Waals surface area (Å²) < 4.78 is 5.71. The Morgan fingerprint density at radius 3 is 2.33 bits per heavy atom. The Labute approximate surface area is 195 Å². The Morgan fingerprint density at radius 2 is 1.64 bits per heavy atom. The molecule has 0 radical (unpaired) electrons. The molecule has 0 fully saturated rings. The lowest BCUT2D eigenvalue weighted by Crippen LogP contribution is -2.26. The summed E-state index contributed by atoms with van der Waals surface area (Å²) in [6, 6.07) is 23.9. The molecule has 0 aliphatic heterocycles. The molecule has 3 aromatic carbocycles. The number of hydrogen-bond acceptors (Lipinski definition) is 4. The molecule has 0 aliphatic carbocycles. The van der Waals surface area contributed by atoms with Crippen molar-refractivity contribution in [1.29, 1.82) is 0 Å². The predicted molar refractivity (Wildman–Crippen MR) is 134 cm³/mol. The molecule has 6 nitrogen and oxygen atoms in total. The van der Waals surface area contributed by atoms with Gasteiger partial charge in [-0.05, 0) is 66.9 Å². The van der Waals surface area contributed by atoms with Crippen LogP contribution < -0.4 is 20.3 Å². The zero-order chi connectivity index (χ0) is 23.6. The molecule has 0 saturated carbocycles. The Bertz CT molecular complexity index is 1050. The van der Waals surface area contributed by atoms with Crippen LogP contribution in [-0.4, -0.2) is 32.0 Å². The summed E-state index contributed by atoms with van der Waals surface area (Å²) in [5.74, 6) is 1.07. The third-order valence-electron chi connectivity index (χ3n) is 5.11. The molecule has 0 saturated heterocycles. The molecule has 3 rings (SSSR count). The summed E-state index contributed by atoms with van der Waals surface area (Å²) in [5.41, 5.74) is 2.70. The van der Waals surface area contributed by atoms with Crippen molar-refractivity contribution in [3.05, 3.63) is 84.4 Å². The second-order valence-corrected chi connectivity index (χ2v) is 8.24. The van der Waals surface area contributed by atoms with Crippen molar-refractivity contribution in [3.8, 4) is 5.75 Å². The second-order valence-electron chi connectivity index (χ2n) is 8.24. The number of para-hydroxylation sites is 1. The van der Waals surface area contributed by atoms with Crippen LogP contribution in [0.25, 0.3) is 0 Å². The lowest BCUT2D eigenvalue weighted by atomic mass is 10.1. The molecule has 172 valence electrons. The third kappa shape index (κ3) is 7.38. The van der Waals surface area contributed by atoms with Crippen LogP contribution in [0.5, 0.6) is 5.75 Å². The fourth-order valence-electron chi connectivity index (χ4n) is 3.16. The van der Waals surface area contributed by atoms with Gasteiger partial charge in [0.15, 0.2) is 0 Å². The molecule has 2 amide bonds. The number of amides is 2. The molecule has 2 N–H and O–H groups in total. The average molecular weight is 446 g/mol. The van der Waals surface area contributed by atoms with Gasteiger partial charge in [-0.2, -0.15) is 0 Å². The van der Waals surface area contributed by atoms with E-state index in [0.29, 0.717) is 23.8 Å². The van der Waals surface area contributed by atoms with E-state index in [4.69, 9.17) is 4.74 Å². The number of carbonyl (C=O) groups is 2. The molecule has 0 atom stereocenters. The SMILES string of the molecule is CC(C)CCOc1ccc(NCC(=O)Nc2cccc(C(=O)N(C)c3ccccc3)c2)cc1. The van der Waals surface area contributed by atoms with Gasteiger partial charge in [0.05, 0.1) is 13.2 Å². The van der Waals surface area contributed by atoms with E-state index >= 15 is 0 Å². The van der Waals surface area contributed by atoms with Crippen LogP contribution >= 0.6 is 0 Å². The molecular weight excluding hydrogens is 414 g/mol. The maximum Gasteiger partial charge on any atom is 0.258 e. The quantitative estimate of drug-likeness (QED) is 0.436. The van der Waals surface area contributed by atoms with Gasteiger partial charge >= 0.3 is 0 Å². The van der Waals surface area contributed by atoms with Gasteiger partial charge in [-0.1, -0.05) is 38.1 Å². The second kappa shape index (κ2) is 11.7. The standard InChI is InChI=1S/C27H31N3O3/c1-20(2)16-17-33-25-14-12-22(13-15-25)28-19-26(31)29-23-9-7-8-21(18-23)27(32)30(3)24-10-5-4-6-11-24/h4-15,18,20,28H,16-17,19H2,1-3H3,(H,29,31). The molecular formula is C27H31N3O3. The van der Waals surface area contributed by atoms with Gasteiger partial charge in [-0.25, -0.2) is 0 Å². The first kappa shape index (κ1) is 23.9. The maximum absolute atomic E-state index is 12.8. The van der Waals surface area contributed by atoms with Gasteiger partial charge in [0.25, 0.3) is 5.91 Å². The highest BCUT2D eigenvalue weighted by atomic mass is 16.5. The smallest absolute Gasteiger partial charge is 0.258 e. The van der Waals surface area contributed by atoms with Crippen molar-refractivity contribution in [3.63, 3.8) is 0 Å². The van der Waals surface area contributed by atoms with Crippen molar-refractivity contribution < 1.29 is 14.3 Å². The van der Waals surface area contributed by atoms with E-state index < -0.39 is 0 Å². The fourth-order valence-corrected chi connectivity index (χ4v) is 3.16. The molecule has 0 aliphatic rings. The van der Waals surface area contributed by atoms with Crippen LogP contribution in [-0.2, 0) is 4.79 Å². The lowest BCUT2D eigenvalue weighted by molar-refractivity contribution is -0.114. The number of carbonyl (C=O) groups excluding carboxylic acids is 2. The normalized spacial score (nSPS) is 10.5.